The SMILES string of the molecule is COc1ccccc1C(=O)NCC1CNC1. The van der Waals surface area contributed by atoms with E-state index in [1.165, 1.54) is 0 Å². The Bertz CT molecular complexity index is 375. The van der Waals surface area contributed by atoms with Gasteiger partial charge < -0.3 is 15.4 Å². The van der Waals surface area contributed by atoms with Gasteiger partial charge in [-0.2, -0.15) is 0 Å². The van der Waals surface area contributed by atoms with E-state index >= 15 is 0 Å². The first-order valence-corrected chi connectivity index (χ1v) is 5.43. The lowest BCUT2D eigenvalue weighted by atomic mass is 10.0. The Kier molecular flexibility index (Phi) is 3.41. The Balaban J connectivity index is 1.96. The van der Waals surface area contributed by atoms with Crippen molar-refractivity contribution in [3.8, 4) is 5.75 Å². The normalized spacial score (nSPS) is 15.3. The largest absolute Gasteiger partial charge is 0.496 e. The molecule has 0 unspecified atom stereocenters. The minimum Gasteiger partial charge on any atom is -0.496 e. The van der Waals surface area contributed by atoms with E-state index in [0.717, 1.165) is 19.6 Å². The van der Waals surface area contributed by atoms with Crippen LogP contribution in [-0.2, 0) is 0 Å². The second kappa shape index (κ2) is 4.99. The average Bonchev–Trinajstić information content (AvgIpc) is 2.26. The standard InChI is InChI=1S/C12H16N2O2/c1-16-11-5-3-2-4-10(11)12(15)14-8-9-6-13-7-9/h2-5,9,13H,6-8H2,1H3,(H,14,15). The summed E-state index contributed by atoms with van der Waals surface area (Å²) >= 11 is 0. The van der Waals surface area contributed by atoms with Crippen LogP contribution < -0.4 is 15.4 Å². The van der Waals surface area contributed by atoms with Crippen LogP contribution in [0.15, 0.2) is 24.3 Å². The number of hydrogen-bond acceptors (Lipinski definition) is 3. The lowest BCUT2D eigenvalue weighted by molar-refractivity contribution is 0.0939. The van der Waals surface area contributed by atoms with E-state index in [1.807, 2.05) is 12.1 Å². The third-order valence-corrected chi connectivity index (χ3v) is 2.77. The maximum atomic E-state index is 11.9. The van der Waals surface area contributed by atoms with Crippen molar-refractivity contribution in [1.29, 1.82) is 0 Å². The molecule has 1 aromatic rings. The van der Waals surface area contributed by atoms with Crippen molar-refractivity contribution in [2.24, 2.45) is 5.92 Å². The highest BCUT2D eigenvalue weighted by molar-refractivity contribution is 5.96. The number of rotatable bonds is 4. The van der Waals surface area contributed by atoms with Crippen molar-refractivity contribution in [3.63, 3.8) is 0 Å². The molecule has 1 saturated heterocycles. The quantitative estimate of drug-likeness (QED) is 0.783. The zero-order valence-electron chi connectivity index (χ0n) is 9.32. The van der Waals surface area contributed by atoms with Crippen molar-refractivity contribution in [2.45, 2.75) is 0 Å². The molecule has 4 nitrogen and oxygen atoms in total. The van der Waals surface area contributed by atoms with Crippen LogP contribution in [0.2, 0.25) is 0 Å². The third kappa shape index (κ3) is 2.33. The summed E-state index contributed by atoms with van der Waals surface area (Å²) in [6.07, 6.45) is 0. The maximum absolute atomic E-state index is 11.9. The number of para-hydroxylation sites is 1. The highest BCUT2D eigenvalue weighted by atomic mass is 16.5. The first-order valence-electron chi connectivity index (χ1n) is 5.43. The number of carbonyl (C=O) groups is 1. The van der Waals surface area contributed by atoms with Gasteiger partial charge >= 0.3 is 0 Å². The van der Waals surface area contributed by atoms with Gasteiger partial charge in [0.05, 0.1) is 12.7 Å². The van der Waals surface area contributed by atoms with Crippen molar-refractivity contribution in [1.82, 2.24) is 10.6 Å². The molecule has 16 heavy (non-hydrogen) atoms. The monoisotopic (exact) mass is 220 g/mol. The molecule has 86 valence electrons. The molecule has 1 amide bonds. The van der Waals surface area contributed by atoms with Gasteiger partial charge in [-0.15, -0.1) is 0 Å². The molecule has 4 heteroatoms. The molecule has 2 N–H and O–H groups in total. The summed E-state index contributed by atoms with van der Waals surface area (Å²) in [5.74, 6) is 1.12. The van der Waals surface area contributed by atoms with E-state index in [1.54, 1.807) is 19.2 Å². The van der Waals surface area contributed by atoms with Crippen LogP contribution in [0.4, 0.5) is 0 Å². The fourth-order valence-electron chi connectivity index (χ4n) is 1.66. The minimum atomic E-state index is -0.0654. The van der Waals surface area contributed by atoms with Gasteiger partial charge in [0.1, 0.15) is 5.75 Å². The lowest BCUT2D eigenvalue weighted by Gasteiger charge is -2.27. The second-order valence-corrected chi connectivity index (χ2v) is 3.93. The Hall–Kier alpha value is -1.55. The van der Waals surface area contributed by atoms with E-state index < -0.39 is 0 Å². The van der Waals surface area contributed by atoms with E-state index in [-0.39, 0.29) is 5.91 Å². The van der Waals surface area contributed by atoms with Crippen LogP contribution in [0.1, 0.15) is 10.4 Å². The molecule has 0 radical (unpaired) electrons. The predicted molar refractivity (Wildman–Crippen MR) is 61.7 cm³/mol. The first kappa shape index (κ1) is 11.0. The van der Waals surface area contributed by atoms with Crippen molar-refractivity contribution in [3.05, 3.63) is 29.8 Å². The highest BCUT2D eigenvalue weighted by Crippen LogP contribution is 2.16. The number of carbonyl (C=O) groups excluding carboxylic acids is 1. The number of amides is 1. The summed E-state index contributed by atoms with van der Waals surface area (Å²) in [4.78, 5) is 11.9. The average molecular weight is 220 g/mol. The Morgan fingerprint density at radius 1 is 1.50 bits per heavy atom. The predicted octanol–water partition coefficient (Wildman–Crippen LogP) is 0.644. The molecule has 0 saturated carbocycles. The van der Waals surface area contributed by atoms with E-state index in [2.05, 4.69) is 10.6 Å². The van der Waals surface area contributed by atoms with Crippen molar-refractivity contribution < 1.29 is 9.53 Å². The van der Waals surface area contributed by atoms with E-state index in [0.29, 0.717) is 17.2 Å². The molecule has 1 aliphatic heterocycles. The molecule has 2 rings (SSSR count). The Morgan fingerprint density at radius 3 is 2.88 bits per heavy atom. The molecule has 0 bridgehead atoms. The molecule has 0 spiro atoms. The minimum absolute atomic E-state index is 0.0654. The molecular weight excluding hydrogens is 204 g/mol. The zero-order chi connectivity index (χ0) is 11.4. The Labute approximate surface area is 95.0 Å². The summed E-state index contributed by atoms with van der Waals surface area (Å²) in [7, 11) is 1.57. The summed E-state index contributed by atoms with van der Waals surface area (Å²) in [5, 5.41) is 6.09. The van der Waals surface area contributed by atoms with Gasteiger partial charge in [0, 0.05) is 25.6 Å². The van der Waals surface area contributed by atoms with Gasteiger partial charge in [0.25, 0.3) is 5.91 Å². The van der Waals surface area contributed by atoms with Crippen LogP contribution in [0, 0.1) is 5.92 Å². The molecule has 1 aliphatic rings. The van der Waals surface area contributed by atoms with Crippen LogP contribution in [0.25, 0.3) is 0 Å². The van der Waals surface area contributed by atoms with Crippen molar-refractivity contribution >= 4 is 5.91 Å². The number of hydrogen-bond donors (Lipinski definition) is 2. The molecule has 0 aromatic heterocycles. The number of methoxy groups -OCH3 is 1. The summed E-state index contributed by atoms with van der Waals surface area (Å²) in [6.45, 7) is 2.71. The van der Waals surface area contributed by atoms with Gasteiger partial charge in [-0.25, -0.2) is 0 Å². The van der Waals surface area contributed by atoms with Crippen LogP contribution in [-0.4, -0.2) is 32.7 Å². The van der Waals surface area contributed by atoms with Gasteiger partial charge in [0.2, 0.25) is 0 Å². The van der Waals surface area contributed by atoms with Crippen LogP contribution >= 0.6 is 0 Å². The molecular formula is C12H16N2O2. The molecule has 1 aromatic carbocycles. The van der Waals surface area contributed by atoms with E-state index in [9.17, 15) is 4.79 Å². The zero-order valence-corrected chi connectivity index (χ0v) is 9.32. The van der Waals surface area contributed by atoms with E-state index in [4.69, 9.17) is 4.74 Å². The Morgan fingerprint density at radius 2 is 2.25 bits per heavy atom. The molecule has 0 atom stereocenters. The summed E-state index contributed by atoms with van der Waals surface area (Å²) in [5.41, 5.74) is 0.595. The smallest absolute Gasteiger partial charge is 0.255 e. The highest BCUT2D eigenvalue weighted by Gasteiger charge is 2.18. The topological polar surface area (TPSA) is 50.4 Å². The number of nitrogens with one attached hydrogen (secondary N) is 2. The summed E-state index contributed by atoms with van der Waals surface area (Å²) < 4.78 is 5.14. The number of benzene rings is 1. The summed E-state index contributed by atoms with van der Waals surface area (Å²) in [6, 6.07) is 7.25. The van der Waals surface area contributed by atoms with Crippen LogP contribution in [0.5, 0.6) is 5.75 Å². The third-order valence-electron chi connectivity index (χ3n) is 2.77. The van der Waals surface area contributed by atoms with Gasteiger partial charge in [-0.1, -0.05) is 12.1 Å². The van der Waals surface area contributed by atoms with Crippen molar-refractivity contribution in [2.75, 3.05) is 26.7 Å². The second-order valence-electron chi connectivity index (χ2n) is 3.93. The van der Waals surface area contributed by atoms with Crippen LogP contribution in [0.3, 0.4) is 0 Å². The molecule has 1 fully saturated rings. The maximum Gasteiger partial charge on any atom is 0.255 e. The number of ether oxygens (including phenoxy) is 1. The van der Waals surface area contributed by atoms with Gasteiger partial charge in [0.15, 0.2) is 0 Å². The lowest BCUT2D eigenvalue weighted by Crippen LogP contribution is -2.48. The fraction of sp³-hybridized carbons (Fsp3) is 0.417. The molecule has 1 heterocycles. The fourth-order valence-corrected chi connectivity index (χ4v) is 1.66. The van der Waals surface area contributed by atoms with Gasteiger partial charge in [-0.05, 0) is 12.1 Å². The van der Waals surface area contributed by atoms with Gasteiger partial charge in [-0.3, -0.25) is 4.79 Å². The first-order chi connectivity index (χ1) is 7.81. The molecule has 0 aliphatic carbocycles.